The van der Waals surface area contributed by atoms with Crippen LogP contribution in [0.2, 0.25) is 0 Å². The van der Waals surface area contributed by atoms with Gasteiger partial charge in [0, 0.05) is 25.4 Å². The van der Waals surface area contributed by atoms with Crippen LogP contribution in [0.4, 0.5) is 10.5 Å². The number of hydrogen-bond acceptors (Lipinski definition) is 7. The second-order valence-electron chi connectivity index (χ2n) is 5.97. The summed E-state index contributed by atoms with van der Waals surface area (Å²) in [5, 5.41) is 11.3. The molecule has 10 heteroatoms. The zero-order valence-corrected chi connectivity index (χ0v) is 16.3. The van der Waals surface area contributed by atoms with Gasteiger partial charge in [-0.25, -0.2) is 4.79 Å². The molecule has 0 bridgehead atoms. The lowest BCUT2D eigenvalue weighted by atomic mass is 10.00. The highest BCUT2D eigenvalue weighted by atomic mass is 32.2. The van der Waals surface area contributed by atoms with Crippen molar-refractivity contribution in [3.63, 3.8) is 0 Å². The van der Waals surface area contributed by atoms with Crippen LogP contribution in [0.15, 0.2) is 45.8 Å². The van der Waals surface area contributed by atoms with E-state index in [-0.39, 0.29) is 28.0 Å². The van der Waals surface area contributed by atoms with Gasteiger partial charge in [0.25, 0.3) is 5.91 Å². The minimum atomic E-state index is -0.601. The van der Waals surface area contributed by atoms with E-state index >= 15 is 0 Å². The first kappa shape index (κ1) is 20.3. The fourth-order valence-corrected chi connectivity index (χ4v) is 3.51. The van der Waals surface area contributed by atoms with Crippen LogP contribution in [-0.2, 0) is 0 Å². The number of Topliss-reactive ketones (excluding diaryl/α,β-unsaturated/α-hetero) is 1. The molecule has 3 rings (SSSR count). The molecular formula is C19H18N4O5S. The van der Waals surface area contributed by atoms with E-state index in [1.807, 2.05) is 18.2 Å². The van der Waals surface area contributed by atoms with Crippen molar-refractivity contribution in [3.05, 3.63) is 58.3 Å². The minimum Gasteiger partial charge on any atom is -0.354 e. The number of thioether (sulfide) groups is 1. The summed E-state index contributed by atoms with van der Waals surface area (Å²) in [5.74, 6) is -1.32. The molecule has 1 aromatic heterocycles. The lowest BCUT2D eigenvalue weighted by molar-refractivity contribution is 0.0944. The maximum Gasteiger partial charge on any atom is 0.319 e. The van der Waals surface area contributed by atoms with Crippen LogP contribution in [0.25, 0.3) is 0 Å². The van der Waals surface area contributed by atoms with Gasteiger partial charge in [-0.15, -0.1) is 11.8 Å². The van der Waals surface area contributed by atoms with Gasteiger partial charge >= 0.3 is 6.03 Å². The molecule has 2 aromatic rings. The van der Waals surface area contributed by atoms with Gasteiger partial charge in [-0.2, -0.15) is 0 Å². The van der Waals surface area contributed by atoms with Crippen molar-refractivity contribution >= 4 is 41.0 Å². The molecule has 1 aromatic carbocycles. The number of benzene rings is 1. The zero-order chi connectivity index (χ0) is 20.8. The number of carbonyl (C=O) groups is 4. The van der Waals surface area contributed by atoms with Crippen LogP contribution in [0.5, 0.6) is 0 Å². The van der Waals surface area contributed by atoms with E-state index in [0.717, 1.165) is 0 Å². The molecule has 9 nitrogen and oxygen atoms in total. The number of ketones is 2. The molecule has 3 amide bonds. The van der Waals surface area contributed by atoms with E-state index in [1.54, 1.807) is 12.1 Å². The summed E-state index contributed by atoms with van der Waals surface area (Å²) in [6.45, 7) is 0.392. The number of aromatic nitrogens is 1. The number of allylic oxidation sites excluding steroid dienone is 2. The summed E-state index contributed by atoms with van der Waals surface area (Å²) >= 11 is 1.18. The number of hydrogen-bond donors (Lipinski definition) is 3. The fourth-order valence-electron chi connectivity index (χ4n) is 2.58. The third-order valence-electron chi connectivity index (χ3n) is 3.97. The number of urea groups is 1. The van der Waals surface area contributed by atoms with E-state index in [4.69, 9.17) is 4.52 Å². The standard InChI is InChI=1S/C19H18N4O5S/c1-20-18(26)15-14-16(25)13(10-12(24)17(14)28-23-15)29-9-5-8-21-19(27)22-11-6-3-2-4-7-11/h2-4,6-7,10H,5,8-9H2,1H3,(H,20,26)(H2,21,22,27). The zero-order valence-electron chi connectivity index (χ0n) is 15.5. The summed E-state index contributed by atoms with van der Waals surface area (Å²) in [6.07, 6.45) is 1.76. The van der Waals surface area contributed by atoms with Crippen molar-refractivity contribution in [2.24, 2.45) is 0 Å². The number of nitrogens with one attached hydrogen (secondary N) is 3. The van der Waals surface area contributed by atoms with Crippen LogP contribution in [0.1, 0.15) is 37.8 Å². The molecule has 0 saturated carbocycles. The molecular weight excluding hydrogens is 396 g/mol. The first-order chi connectivity index (χ1) is 14.0. The van der Waals surface area contributed by atoms with E-state index in [9.17, 15) is 19.2 Å². The number of para-hydroxylation sites is 1. The smallest absolute Gasteiger partial charge is 0.319 e. The summed E-state index contributed by atoms with van der Waals surface area (Å²) in [4.78, 5) is 48.6. The maximum atomic E-state index is 12.6. The molecule has 3 N–H and O–H groups in total. The normalized spacial score (nSPS) is 12.8. The molecule has 0 aliphatic heterocycles. The third kappa shape index (κ3) is 4.72. The minimum absolute atomic E-state index is 0.111. The Morgan fingerprint density at radius 1 is 1.17 bits per heavy atom. The molecule has 0 atom stereocenters. The van der Waals surface area contributed by atoms with Gasteiger partial charge in [0.1, 0.15) is 5.56 Å². The van der Waals surface area contributed by atoms with Crippen LogP contribution in [0, 0.1) is 0 Å². The van der Waals surface area contributed by atoms with E-state index < -0.39 is 17.5 Å². The lowest BCUT2D eigenvalue weighted by Crippen LogP contribution is -2.29. The van der Waals surface area contributed by atoms with E-state index in [0.29, 0.717) is 24.4 Å². The SMILES string of the molecule is CNC(=O)c1noc2c1C(=O)C(SCCCNC(=O)Nc1ccccc1)=CC2=O. The van der Waals surface area contributed by atoms with Crippen molar-refractivity contribution in [2.45, 2.75) is 6.42 Å². The molecule has 0 radical (unpaired) electrons. The second-order valence-corrected chi connectivity index (χ2v) is 7.10. The van der Waals surface area contributed by atoms with Crippen molar-refractivity contribution in [3.8, 4) is 0 Å². The fraction of sp³-hybridized carbons (Fsp3) is 0.211. The molecule has 0 saturated heterocycles. The Morgan fingerprint density at radius 2 is 1.93 bits per heavy atom. The Morgan fingerprint density at radius 3 is 2.66 bits per heavy atom. The van der Waals surface area contributed by atoms with E-state index in [1.165, 1.54) is 24.9 Å². The van der Waals surface area contributed by atoms with Crippen molar-refractivity contribution in [2.75, 3.05) is 24.7 Å². The topological polar surface area (TPSA) is 130 Å². The van der Waals surface area contributed by atoms with Gasteiger partial charge in [-0.05, 0) is 24.3 Å². The van der Waals surface area contributed by atoms with Crippen LogP contribution < -0.4 is 16.0 Å². The predicted octanol–water partition coefficient (Wildman–Crippen LogP) is 2.24. The third-order valence-corrected chi connectivity index (χ3v) is 5.07. The molecule has 0 unspecified atom stereocenters. The van der Waals surface area contributed by atoms with Crippen LogP contribution in [-0.4, -0.2) is 48.0 Å². The van der Waals surface area contributed by atoms with E-state index in [2.05, 4.69) is 21.1 Å². The highest BCUT2D eigenvalue weighted by Crippen LogP contribution is 2.30. The molecule has 1 heterocycles. The largest absolute Gasteiger partial charge is 0.354 e. The number of nitrogens with zero attached hydrogens (tertiary/aromatic N) is 1. The summed E-state index contributed by atoms with van der Waals surface area (Å²) < 4.78 is 4.87. The Balaban J connectivity index is 1.49. The Kier molecular flexibility index (Phi) is 6.45. The molecule has 150 valence electrons. The monoisotopic (exact) mass is 414 g/mol. The highest BCUT2D eigenvalue weighted by molar-refractivity contribution is 8.04. The highest BCUT2D eigenvalue weighted by Gasteiger charge is 2.35. The quantitative estimate of drug-likeness (QED) is 0.592. The van der Waals surface area contributed by atoms with Gasteiger partial charge < -0.3 is 20.5 Å². The molecule has 0 fully saturated rings. The number of anilines is 1. The van der Waals surface area contributed by atoms with Crippen LogP contribution >= 0.6 is 11.8 Å². The number of amides is 3. The Labute approximate surface area is 170 Å². The second kappa shape index (κ2) is 9.20. The Hall–Kier alpha value is -3.40. The average molecular weight is 414 g/mol. The lowest BCUT2D eigenvalue weighted by Gasteiger charge is -2.11. The summed E-state index contributed by atoms with van der Waals surface area (Å²) in [5.41, 5.74) is 0.373. The van der Waals surface area contributed by atoms with Gasteiger partial charge in [0.2, 0.25) is 17.3 Å². The predicted molar refractivity (Wildman–Crippen MR) is 107 cm³/mol. The molecule has 1 aliphatic rings. The maximum absolute atomic E-state index is 12.6. The first-order valence-electron chi connectivity index (χ1n) is 8.76. The molecule has 29 heavy (non-hydrogen) atoms. The molecule has 1 aliphatic carbocycles. The van der Waals surface area contributed by atoms with Crippen LogP contribution in [0.3, 0.4) is 0 Å². The van der Waals surface area contributed by atoms with Crippen molar-refractivity contribution in [1.82, 2.24) is 15.8 Å². The number of carbonyl (C=O) groups excluding carboxylic acids is 4. The number of rotatable bonds is 7. The van der Waals surface area contributed by atoms with Gasteiger partial charge in [0.05, 0.1) is 4.91 Å². The molecule has 0 spiro atoms. The first-order valence-corrected chi connectivity index (χ1v) is 9.75. The average Bonchev–Trinajstić information content (AvgIpc) is 3.17. The number of fused-ring (bicyclic) bond motifs is 1. The van der Waals surface area contributed by atoms with Crippen molar-refractivity contribution < 1.29 is 23.7 Å². The van der Waals surface area contributed by atoms with Gasteiger partial charge in [-0.1, -0.05) is 23.4 Å². The van der Waals surface area contributed by atoms with Gasteiger partial charge in [0.15, 0.2) is 5.69 Å². The summed E-state index contributed by atoms with van der Waals surface area (Å²) in [6, 6.07) is 8.72. The van der Waals surface area contributed by atoms with Crippen molar-refractivity contribution in [1.29, 1.82) is 0 Å². The summed E-state index contributed by atoms with van der Waals surface area (Å²) in [7, 11) is 1.39. The Bertz CT molecular complexity index is 984. The van der Waals surface area contributed by atoms with Gasteiger partial charge in [-0.3, -0.25) is 14.4 Å².